The first-order valence-corrected chi connectivity index (χ1v) is 6.15. The molecule has 0 fully saturated rings. The normalized spacial score (nSPS) is 10.4. The summed E-state index contributed by atoms with van der Waals surface area (Å²) in [5.74, 6) is -1.55. The molecule has 0 saturated carbocycles. The van der Waals surface area contributed by atoms with Crippen LogP contribution in [0.2, 0.25) is 5.02 Å². The highest BCUT2D eigenvalue weighted by molar-refractivity contribution is 9.10. The molecule has 0 saturated heterocycles. The zero-order valence-electron chi connectivity index (χ0n) is 8.95. The third kappa shape index (κ3) is 2.40. The summed E-state index contributed by atoms with van der Waals surface area (Å²) in [6.45, 7) is 0. The number of benzene rings is 2. The summed E-state index contributed by atoms with van der Waals surface area (Å²) in [4.78, 5) is 10.9. The Morgan fingerprint density at radius 1 is 1.22 bits per heavy atom. The van der Waals surface area contributed by atoms with E-state index >= 15 is 0 Å². The minimum absolute atomic E-state index is 0.0637. The lowest BCUT2D eigenvalue weighted by molar-refractivity contribution is 0.0697. The summed E-state index contributed by atoms with van der Waals surface area (Å²) in [7, 11) is 0. The zero-order chi connectivity index (χ0) is 13.3. The fourth-order valence-corrected chi connectivity index (χ4v) is 2.16. The molecule has 0 aromatic heterocycles. The third-order valence-electron chi connectivity index (χ3n) is 2.46. The first kappa shape index (κ1) is 13.1. The Morgan fingerprint density at radius 2 is 1.94 bits per heavy atom. The quantitative estimate of drug-likeness (QED) is 0.874. The van der Waals surface area contributed by atoms with Crippen LogP contribution in [0.4, 0.5) is 4.39 Å². The number of halogens is 3. The van der Waals surface area contributed by atoms with Gasteiger partial charge in [0.25, 0.3) is 0 Å². The van der Waals surface area contributed by atoms with Crippen LogP contribution in [0.25, 0.3) is 11.1 Å². The molecule has 0 aliphatic rings. The minimum atomic E-state index is -1.08. The molecule has 5 heteroatoms. The Balaban J connectivity index is 2.66. The van der Waals surface area contributed by atoms with E-state index in [1.807, 2.05) is 0 Å². The molecular formula is C13H7BrClFO2. The van der Waals surface area contributed by atoms with E-state index in [1.165, 1.54) is 18.2 Å². The number of rotatable bonds is 2. The van der Waals surface area contributed by atoms with Crippen LogP contribution in [-0.2, 0) is 0 Å². The molecule has 92 valence electrons. The SMILES string of the molecule is O=C(O)c1ccc(Cl)c(-c2cccc(Br)c2F)c1. The first-order valence-electron chi connectivity index (χ1n) is 4.98. The van der Waals surface area contributed by atoms with Gasteiger partial charge in [-0.15, -0.1) is 0 Å². The van der Waals surface area contributed by atoms with Gasteiger partial charge in [0, 0.05) is 16.1 Å². The second-order valence-corrected chi connectivity index (χ2v) is 4.86. The van der Waals surface area contributed by atoms with Crippen LogP contribution in [0, 0.1) is 5.82 Å². The van der Waals surface area contributed by atoms with Gasteiger partial charge in [-0.1, -0.05) is 23.7 Å². The first-order chi connectivity index (χ1) is 8.50. The number of carboxylic acid groups (broad SMARTS) is 1. The average molecular weight is 330 g/mol. The van der Waals surface area contributed by atoms with Gasteiger partial charge in [-0.3, -0.25) is 0 Å². The van der Waals surface area contributed by atoms with Gasteiger partial charge in [-0.2, -0.15) is 0 Å². The smallest absolute Gasteiger partial charge is 0.335 e. The van der Waals surface area contributed by atoms with Crippen LogP contribution in [0.5, 0.6) is 0 Å². The monoisotopic (exact) mass is 328 g/mol. The summed E-state index contributed by atoms with van der Waals surface area (Å²) in [5, 5.41) is 9.23. The average Bonchev–Trinajstić information content (AvgIpc) is 2.33. The topological polar surface area (TPSA) is 37.3 Å². The minimum Gasteiger partial charge on any atom is -0.478 e. The van der Waals surface area contributed by atoms with E-state index in [0.29, 0.717) is 15.1 Å². The molecule has 0 heterocycles. The number of carbonyl (C=O) groups is 1. The number of aromatic carboxylic acids is 1. The summed E-state index contributed by atoms with van der Waals surface area (Å²) >= 11 is 9.07. The lowest BCUT2D eigenvalue weighted by atomic mass is 10.0. The standard InChI is InChI=1S/C13H7BrClFO2/c14-10-3-1-2-8(12(10)16)9-6-7(13(17)18)4-5-11(9)15/h1-6H,(H,17,18). The zero-order valence-corrected chi connectivity index (χ0v) is 11.3. The van der Waals surface area contributed by atoms with Crippen LogP contribution >= 0.6 is 27.5 Å². The highest BCUT2D eigenvalue weighted by Crippen LogP contribution is 2.33. The summed E-state index contributed by atoms with van der Waals surface area (Å²) in [6.07, 6.45) is 0. The third-order valence-corrected chi connectivity index (χ3v) is 3.40. The van der Waals surface area contributed by atoms with Gasteiger partial charge < -0.3 is 5.11 Å². The molecule has 0 amide bonds. The Bertz CT molecular complexity index is 628. The van der Waals surface area contributed by atoms with Crippen molar-refractivity contribution in [2.24, 2.45) is 0 Å². The molecule has 0 aliphatic heterocycles. The van der Waals surface area contributed by atoms with E-state index in [0.717, 1.165) is 0 Å². The van der Waals surface area contributed by atoms with E-state index in [2.05, 4.69) is 15.9 Å². The van der Waals surface area contributed by atoms with Gasteiger partial charge in [-0.05, 0) is 40.2 Å². The summed E-state index contributed by atoms with van der Waals surface area (Å²) in [6, 6.07) is 8.95. The van der Waals surface area contributed by atoms with Crippen molar-refractivity contribution in [3.05, 3.63) is 57.3 Å². The lowest BCUT2D eigenvalue weighted by Crippen LogP contribution is -1.97. The van der Waals surface area contributed by atoms with Crippen molar-refractivity contribution in [3.63, 3.8) is 0 Å². The highest BCUT2D eigenvalue weighted by Gasteiger charge is 2.13. The molecule has 1 N–H and O–H groups in total. The van der Waals surface area contributed by atoms with E-state index in [-0.39, 0.29) is 11.1 Å². The van der Waals surface area contributed by atoms with Crippen molar-refractivity contribution in [2.75, 3.05) is 0 Å². The molecule has 0 radical (unpaired) electrons. The number of carboxylic acids is 1. The molecule has 0 unspecified atom stereocenters. The fraction of sp³-hybridized carbons (Fsp3) is 0. The number of hydrogen-bond acceptors (Lipinski definition) is 1. The maximum absolute atomic E-state index is 13.9. The van der Waals surface area contributed by atoms with Crippen molar-refractivity contribution >= 4 is 33.5 Å². The lowest BCUT2D eigenvalue weighted by Gasteiger charge is -2.08. The fourth-order valence-electron chi connectivity index (χ4n) is 1.58. The van der Waals surface area contributed by atoms with E-state index in [4.69, 9.17) is 16.7 Å². The molecule has 2 rings (SSSR count). The molecular weight excluding hydrogens is 322 g/mol. The van der Waals surface area contributed by atoms with Crippen LogP contribution < -0.4 is 0 Å². The van der Waals surface area contributed by atoms with Crippen molar-refractivity contribution in [2.45, 2.75) is 0 Å². The molecule has 2 aromatic rings. The largest absolute Gasteiger partial charge is 0.478 e. The molecule has 0 spiro atoms. The molecule has 0 bridgehead atoms. The van der Waals surface area contributed by atoms with E-state index in [9.17, 15) is 9.18 Å². The Hall–Kier alpha value is -1.39. The van der Waals surface area contributed by atoms with Gasteiger partial charge >= 0.3 is 5.97 Å². The van der Waals surface area contributed by atoms with Crippen molar-refractivity contribution in [3.8, 4) is 11.1 Å². The molecule has 0 atom stereocenters. The maximum atomic E-state index is 13.9. The van der Waals surface area contributed by atoms with Gasteiger partial charge in [0.2, 0.25) is 0 Å². The van der Waals surface area contributed by atoms with Crippen molar-refractivity contribution < 1.29 is 14.3 Å². The van der Waals surface area contributed by atoms with Gasteiger partial charge in [0.15, 0.2) is 0 Å². The maximum Gasteiger partial charge on any atom is 0.335 e. The van der Waals surface area contributed by atoms with E-state index < -0.39 is 11.8 Å². The van der Waals surface area contributed by atoms with Crippen molar-refractivity contribution in [1.82, 2.24) is 0 Å². The molecule has 2 aromatic carbocycles. The highest BCUT2D eigenvalue weighted by atomic mass is 79.9. The summed E-state index contributed by atoms with van der Waals surface area (Å²) in [5.41, 5.74) is 0.682. The van der Waals surface area contributed by atoms with E-state index in [1.54, 1.807) is 18.2 Å². The Labute approximate surface area is 116 Å². The van der Waals surface area contributed by atoms with Gasteiger partial charge in [0.1, 0.15) is 5.82 Å². The van der Waals surface area contributed by atoms with Gasteiger partial charge in [0.05, 0.1) is 10.0 Å². The van der Waals surface area contributed by atoms with Crippen molar-refractivity contribution in [1.29, 1.82) is 0 Å². The second kappa shape index (κ2) is 5.08. The Morgan fingerprint density at radius 3 is 2.61 bits per heavy atom. The predicted octanol–water partition coefficient (Wildman–Crippen LogP) is 4.61. The Kier molecular flexibility index (Phi) is 3.68. The van der Waals surface area contributed by atoms with Crippen LogP contribution in [0.15, 0.2) is 40.9 Å². The van der Waals surface area contributed by atoms with Crippen LogP contribution in [0.3, 0.4) is 0 Å². The molecule has 18 heavy (non-hydrogen) atoms. The van der Waals surface area contributed by atoms with Gasteiger partial charge in [-0.25, -0.2) is 9.18 Å². The summed E-state index contributed by atoms with van der Waals surface area (Å²) < 4.78 is 14.2. The molecule has 0 aliphatic carbocycles. The second-order valence-electron chi connectivity index (χ2n) is 3.60. The number of hydrogen-bond donors (Lipinski definition) is 1. The molecule has 2 nitrogen and oxygen atoms in total. The van der Waals surface area contributed by atoms with Crippen LogP contribution in [0.1, 0.15) is 10.4 Å². The van der Waals surface area contributed by atoms with Crippen LogP contribution in [-0.4, -0.2) is 11.1 Å². The predicted molar refractivity (Wildman–Crippen MR) is 71.5 cm³/mol.